The third-order valence-electron chi connectivity index (χ3n) is 3.08. The molecule has 0 spiro atoms. The van der Waals surface area contributed by atoms with Crippen LogP contribution in [0.1, 0.15) is 53.9 Å². The average Bonchev–Trinajstić information content (AvgIpc) is 2.22. The number of allylic oxidation sites excluding steroid dienone is 3. The van der Waals surface area contributed by atoms with E-state index in [0.717, 1.165) is 6.42 Å². The summed E-state index contributed by atoms with van der Waals surface area (Å²) in [6, 6.07) is 0.586. The van der Waals surface area contributed by atoms with E-state index in [1.807, 2.05) is 0 Å². The molecular formula is C14H27N. The molecule has 0 N–H and O–H groups in total. The first-order chi connectivity index (χ1) is 7.02. The number of nitrogens with zero attached hydrogens (tertiary/aromatic N) is 1. The van der Waals surface area contributed by atoms with Crippen LogP contribution in [0, 0.1) is 0 Å². The maximum atomic E-state index is 2.28. The minimum atomic E-state index is 0.586. The molecule has 0 radical (unpaired) electrons. The molecule has 1 nitrogen and oxygen atoms in total. The molecule has 1 heteroatoms. The van der Waals surface area contributed by atoms with Crippen molar-refractivity contribution in [1.82, 2.24) is 4.90 Å². The SMILES string of the molecule is CCC(C)=C(CC)CC=CN(C)C(C)C. The van der Waals surface area contributed by atoms with Gasteiger partial charge in [-0.1, -0.05) is 31.1 Å². The molecule has 0 aliphatic rings. The maximum absolute atomic E-state index is 2.28. The highest BCUT2D eigenvalue weighted by molar-refractivity contribution is 5.14. The normalized spacial score (nSPS) is 13.5. The molecule has 0 heterocycles. The molecule has 0 aromatic rings. The molecule has 0 aliphatic carbocycles. The summed E-state index contributed by atoms with van der Waals surface area (Å²) in [5, 5.41) is 0. The van der Waals surface area contributed by atoms with Gasteiger partial charge in [0.2, 0.25) is 0 Å². The fraction of sp³-hybridized carbons (Fsp3) is 0.714. The highest BCUT2D eigenvalue weighted by atomic mass is 15.1. The highest BCUT2D eigenvalue weighted by Gasteiger charge is 1.98. The first-order valence-corrected chi connectivity index (χ1v) is 6.08. The average molecular weight is 209 g/mol. The lowest BCUT2D eigenvalue weighted by Crippen LogP contribution is -2.19. The van der Waals surface area contributed by atoms with Gasteiger partial charge in [-0.05, 0) is 46.2 Å². The van der Waals surface area contributed by atoms with Crippen LogP contribution < -0.4 is 0 Å². The number of rotatable bonds is 6. The van der Waals surface area contributed by atoms with Gasteiger partial charge in [-0.3, -0.25) is 0 Å². The molecule has 0 saturated heterocycles. The van der Waals surface area contributed by atoms with E-state index in [4.69, 9.17) is 0 Å². The van der Waals surface area contributed by atoms with Crippen molar-refractivity contribution in [3.63, 3.8) is 0 Å². The molecule has 0 saturated carbocycles. The molecule has 15 heavy (non-hydrogen) atoms. The van der Waals surface area contributed by atoms with Crippen molar-refractivity contribution in [1.29, 1.82) is 0 Å². The van der Waals surface area contributed by atoms with E-state index in [-0.39, 0.29) is 0 Å². The molecule has 0 fully saturated rings. The van der Waals surface area contributed by atoms with Crippen molar-refractivity contribution in [2.75, 3.05) is 7.05 Å². The predicted octanol–water partition coefficient (Wildman–Crippen LogP) is 4.37. The summed E-state index contributed by atoms with van der Waals surface area (Å²) in [4.78, 5) is 2.24. The van der Waals surface area contributed by atoms with Gasteiger partial charge in [-0.2, -0.15) is 0 Å². The second-order valence-corrected chi connectivity index (χ2v) is 4.44. The van der Waals surface area contributed by atoms with E-state index in [1.54, 1.807) is 11.1 Å². The zero-order valence-corrected chi connectivity index (χ0v) is 11.3. The van der Waals surface area contributed by atoms with Gasteiger partial charge < -0.3 is 4.90 Å². The van der Waals surface area contributed by atoms with Gasteiger partial charge in [0.05, 0.1) is 0 Å². The molecular weight excluding hydrogens is 182 g/mol. The fourth-order valence-corrected chi connectivity index (χ4v) is 1.40. The number of hydrogen-bond acceptors (Lipinski definition) is 1. The molecule has 88 valence electrons. The third kappa shape index (κ3) is 5.66. The van der Waals surface area contributed by atoms with E-state index in [2.05, 4.69) is 58.8 Å². The summed E-state index contributed by atoms with van der Waals surface area (Å²) < 4.78 is 0. The van der Waals surface area contributed by atoms with Crippen LogP contribution in [-0.4, -0.2) is 18.0 Å². The Labute approximate surface area is 95.9 Å². The second-order valence-electron chi connectivity index (χ2n) is 4.44. The van der Waals surface area contributed by atoms with E-state index >= 15 is 0 Å². The monoisotopic (exact) mass is 209 g/mol. The van der Waals surface area contributed by atoms with Crippen LogP contribution in [0.4, 0.5) is 0 Å². The van der Waals surface area contributed by atoms with Crippen LogP contribution in [0.3, 0.4) is 0 Å². The molecule has 0 bridgehead atoms. The molecule has 0 unspecified atom stereocenters. The Morgan fingerprint density at radius 2 is 1.80 bits per heavy atom. The van der Waals surface area contributed by atoms with E-state index < -0.39 is 0 Å². The smallest absolute Gasteiger partial charge is 0.0224 e. The van der Waals surface area contributed by atoms with E-state index in [9.17, 15) is 0 Å². The van der Waals surface area contributed by atoms with Crippen molar-refractivity contribution in [3.05, 3.63) is 23.4 Å². The molecule has 0 aliphatic heterocycles. The van der Waals surface area contributed by atoms with Crippen molar-refractivity contribution in [2.45, 2.75) is 59.9 Å². The Hall–Kier alpha value is -0.720. The molecule has 0 rings (SSSR count). The molecule has 0 aromatic carbocycles. The molecule has 0 amide bonds. The molecule has 0 aromatic heterocycles. The van der Waals surface area contributed by atoms with Crippen molar-refractivity contribution in [3.8, 4) is 0 Å². The van der Waals surface area contributed by atoms with Crippen LogP contribution in [-0.2, 0) is 0 Å². The van der Waals surface area contributed by atoms with Gasteiger partial charge in [0, 0.05) is 13.1 Å². The van der Waals surface area contributed by atoms with Crippen LogP contribution in [0.25, 0.3) is 0 Å². The lowest BCUT2D eigenvalue weighted by atomic mass is 10.0. The summed E-state index contributed by atoms with van der Waals surface area (Å²) in [7, 11) is 2.13. The van der Waals surface area contributed by atoms with Crippen molar-refractivity contribution >= 4 is 0 Å². The minimum absolute atomic E-state index is 0.586. The van der Waals surface area contributed by atoms with E-state index in [1.165, 1.54) is 12.8 Å². The Morgan fingerprint density at radius 3 is 2.20 bits per heavy atom. The van der Waals surface area contributed by atoms with E-state index in [0.29, 0.717) is 6.04 Å². The van der Waals surface area contributed by atoms with Gasteiger partial charge in [-0.25, -0.2) is 0 Å². The van der Waals surface area contributed by atoms with Gasteiger partial charge in [0.1, 0.15) is 0 Å². The van der Waals surface area contributed by atoms with Gasteiger partial charge in [0.25, 0.3) is 0 Å². The fourth-order valence-electron chi connectivity index (χ4n) is 1.40. The predicted molar refractivity (Wildman–Crippen MR) is 69.9 cm³/mol. The summed E-state index contributed by atoms with van der Waals surface area (Å²) in [6.45, 7) is 11.1. The largest absolute Gasteiger partial charge is 0.378 e. The van der Waals surface area contributed by atoms with Gasteiger partial charge >= 0.3 is 0 Å². The van der Waals surface area contributed by atoms with Crippen LogP contribution in [0.5, 0.6) is 0 Å². The zero-order chi connectivity index (χ0) is 11.8. The Balaban J connectivity index is 4.24. The quantitative estimate of drug-likeness (QED) is 0.587. The summed E-state index contributed by atoms with van der Waals surface area (Å²) >= 11 is 0. The third-order valence-corrected chi connectivity index (χ3v) is 3.08. The second kappa shape index (κ2) is 7.56. The lowest BCUT2D eigenvalue weighted by molar-refractivity contribution is 0.375. The number of hydrogen-bond donors (Lipinski definition) is 0. The Morgan fingerprint density at radius 1 is 1.20 bits per heavy atom. The van der Waals surface area contributed by atoms with Crippen molar-refractivity contribution in [2.24, 2.45) is 0 Å². The zero-order valence-electron chi connectivity index (χ0n) is 11.3. The lowest BCUT2D eigenvalue weighted by Gasteiger charge is -2.18. The first kappa shape index (κ1) is 14.3. The van der Waals surface area contributed by atoms with Gasteiger partial charge in [-0.15, -0.1) is 0 Å². The maximum Gasteiger partial charge on any atom is 0.0224 e. The topological polar surface area (TPSA) is 3.24 Å². The Bertz CT molecular complexity index is 223. The standard InChI is InChI=1S/C14H27N/c1-7-13(5)14(8-2)10-9-11-15(6)12(3)4/h9,11-12H,7-8,10H2,1-6H3. The van der Waals surface area contributed by atoms with Gasteiger partial charge in [0.15, 0.2) is 0 Å². The first-order valence-electron chi connectivity index (χ1n) is 6.08. The minimum Gasteiger partial charge on any atom is -0.378 e. The van der Waals surface area contributed by atoms with Crippen LogP contribution in [0.15, 0.2) is 23.4 Å². The summed E-state index contributed by atoms with van der Waals surface area (Å²) in [6.07, 6.45) is 7.93. The molecule has 0 atom stereocenters. The van der Waals surface area contributed by atoms with Crippen LogP contribution >= 0.6 is 0 Å². The summed E-state index contributed by atoms with van der Waals surface area (Å²) in [5.74, 6) is 0. The van der Waals surface area contributed by atoms with Crippen molar-refractivity contribution < 1.29 is 0 Å². The highest BCUT2D eigenvalue weighted by Crippen LogP contribution is 2.16. The van der Waals surface area contributed by atoms with Crippen LogP contribution in [0.2, 0.25) is 0 Å². The Kier molecular flexibility index (Phi) is 7.19. The summed E-state index contributed by atoms with van der Waals surface area (Å²) in [5.41, 5.74) is 3.14.